The summed E-state index contributed by atoms with van der Waals surface area (Å²) < 4.78 is 6.85. The summed E-state index contributed by atoms with van der Waals surface area (Å²) in [6.07, 6.45) is 1.60. The largest absolute Gasteiger partial charge is 0.383 e. The maximum absolute atomic E-state index is 12.2. The fourth-order valence-corrected chi connectivity index (χ4v) is 2.06. The van der Waals surface area contributed by atoms with E-state index in [2.05, 4.69) is 15.5 Å². The fraction of sp³-hybridized carbons (Fsp3) is 0.375. The maximum atomic E-state index is 12.2. The lowest BCUT2D eigenvalue weighted by Crippen LogP contribution is -2.38. The summed E-state index contributed by atoms with van der Waals surface area (Å²) in [7, 11) is 3.28. The molecule has 2 amide bonds. The highest BCUT2D eigenvalue weighted by molar-refractivity contribution is 5.96. The fourth-order valence-electron chi connectivity index (χ4n) is 2.06. The summed E-state index contributed by atoms with van der Waals surface area (Å²) in [5.74, 6) is 0.179. The maximum Gasteiger partial charge on any atom is 0.251 e. The van der Waals surface area contributed by atoms with Crippen molar-refractivity contribution in [1.82, 2.24) is 25.0 Å². The van der Waals surface area contributed by atoms with Crippen LogP contribution in [0.1, 0.15) is 16.2 Å². The molecule has 0 fully saturated rings. The van der Waals surface area contributed by atoms with E-state index in [1.165, 1.54) is 4.90 Å². The number of benzene rings is 1. The molecule has 128 valence electrons. The van der Waals surface area contributed by atoms with E-state index >= 15 is 0 Å². The topological polar surface area (TPSA) is 89.3 Å². The van der Waals surface area contributed by atoms with Gasteiger partial charge in [-0.15, -0.1) is 10.2 Å². The normalized spacial score (nSPS) is 10.4. The molecule has 0 radical (unpaired) electrons. The SMILES string of the molecule is COCCn1cnnc1CN(C)C(=O)CNC(=O)c1ccccc1. The number of hydrogen-bond acceptors (Lipinski definition) is 5. The summed E-state index contributed by atoms with van der Waals surface area (Å²) in [4.78, 5) is 25.6. The molecule has 0 saturated heterocycles. The zero-order valence-electron chi connectivity index (χ0n) is 13.8. The van der Waals surface area contributed by atoms with Crippen LogP contribution < -0.4 is 5.32 Å². The third kappa shape index (κ3) is 4.88. The molecule has 8 nitrogen and oxygen atoms in total. The van der Waals surface area contributed by atoms with Gasteiger partial charge in [-0.05, 0) is 12.1 Å². The van der Waals surface area contributed by atoms with Crippen LogP contribution in [0.2, 0.25) is 0 Å². The Hall–Kier alpha value is -2.74. The second-order valence-electron chi connectivity index (χ2n) is 5.23. The Labute approximate surface area is 140 Å². The molecule has 0 bridgehead atoms. The van der Waals surface area contributed by atoms with E-state index in [4.69, 9.17) is 4.74 Å². The van der Waals surface area contributed by atoms with Crippen LogP contribution in [0, 0.1) is 0 Å². The second kappa shape index (κ2) is 8.78. The smallest absolute Gasteiger partial charge is 0.251 e. The first-order chi connectivity index (χ1) is 11.6. The first-order valence-electron chi connectivity index (χ1n) is 7.54. The number of amides is 2. The molecule has 2 rings (SSSR count). The number of hydrogen-bond donors (Lipinski definition) is 1. The zero-order valence-corrected chi connectivity index (χ0v) is 13.8. The van der Waals surface area contributed by atoms with Crippen LogP contribution in [0.25, 0.3) is 0 Å². The third-order valence-corrected chi connectivity index (χ3v) is 3.47. The zero-order chi connectivity index (χ0) is 17.4. The molecule has 0 unspecified atom stereocenters. The minimum absolute atomic E-state index is 0.0730. The summed E-state index contributed by atoms with van der Waals surface area (Å²) in [5.41, 5.74) is 0.521. The molecule has 0 aliphatic heterocycles. The molecule has 0 atom stereocenters. The van der Waals surface area contributed by atoms with Crippen molar-refractivity contribution < 1.29 is 14.3 Å². The molecule has 0 aliphatic rings. The number of rotatable bonds is 8. The number of nitrogens with zero attached hydrogens (tertiary/aromatic N) is 4. The van der Waals surface area contributed by atoms with Crippen molar-refractivity contribution in [2.75, 3.05) is 27.3 Å². The molecule has 24 heavy (non-hydrogen) atoms. The average Bonchev–Trinajstić information content (AvgIpc) is 3.05. The molecular formula is C16H21N5O3. The van der Waals surface area contributed by atoms with E-state index in [0.717, 1.165) is 0 Å². The number of nitrogens with one attached hydrogen (secondary N) is 1. The van der Waals surface area contributed by atoms with Gasteiger partial charge in [-0.25, -0.2) is 0 Å². The van der Waals surface area contributed by atoms with Gasteiger partial charge in [0.1, 0.15) is 6.33 Å². The van der Waals surface area contributed by atoms with Gasteiger partial charge in [0, 0.05) is 26.3 Å². The van der Waals surface area contributed by atoms with E-state index in [1.807, 2.05) is 10.6 Å². The molecule has 1 N–H and O–H groups in total. The summed E-state index contributed by atoms with van der Waals surface area (Å²) >= 11 is 0. The Bertz CT molecular complexity index is 671. The standard InChI is InChI=1S/C16H21N5O3/c1-20(11-14-19-18-12-21(14)8-9-24-2)15(22)10-17-16(23)13-6-4-3-5-7-13/h3-7,12H,8-11H2,1-2H3,(H,17,23). The first kappa shape index (κ1) is 17.6. The van der Waals surface area contributed by atoms with Crippen LogP contribution in [0.5, 0.6) is 0 Å². The van der Waals surface area contributed by atoms with E-state index in [-0.39, 0.29) is 18.4 Å². The lowest BCUT2D eigenvalue weighted by Gasteiger charge is -2.17. The molecule has 0 spiro atoms. The molecular weight excluding hydrogens is 310 g/mol. The molecule has 1 aromatic heterocycles. The highest BCUT2D eigenvalue weighted by Crippen LogP contribution is 2.01. The number of aromatic nitrogens is 3. The number of carbonyl (C=O) groups is 2. The first-order valence-corrected chi connectivity index (χ1v) is 7.54. The number of ether oxygens (including phenoxy) is 1. The predicted molar refractivity (Wildman–Crippen MR) is 87.1 cm³/mol. The van der Waals surface area contributed by atoms with Crippen molar-refractivity contribution in [3.63, 3.8) is 0 Å². The van der Waals surface area contributed by atoms with Gasteiger partial charge in [0.05, 0.1) is 19.7 Å². The van der Waals surface area contributed by atoms with Gasteiger partial charge in [0.25, 0.3) is 5.91 Å². The second-order valence-corrected chi connectivity index (χ2v) is 5.23. The van der Waals surface area contributed by atoms with Crippen LogP contribution >= 0.6 is 0 Å². The lowest BCUT2D eigenvalue weighted by atomic mass is 10.2. The number of methoxy groups -OCH3 is 1. The van der Waals surface area contributed by atoms with Crippen molar-refractivity contribution in [2.24, 2.45) is 0 Å². The van der Waals surface area contributed by atoms with Crippen molar-refractivity contribution in [1.29, 1.82) is 0 Å². The molecule has 0 aliphatic carbocycles. The van der Waals surface area contributed by atoms with E-state index in [0.29, 0.717) is 31.1 Å². The van der Waals surface area contributed by atoms with E-state index in [1.54, 1.807) is 44.8 Å². The Morgan fingerprint density at radius 1 is 1.29 bits per heavy atom. The monoisotopic (exact) mass is 331 g/mol. The van der Waals surface area contributed by atoms with Crippen molar-refractivity contribution in [3.05, 3.63) is 48.0 Å². The van der Waals surface area contributed by atoms with Gasteiger partial charge in [-0.1, -0.05) is 18.2 Å². The summed E-state index contributed by atoms with van der Waals surface area (Å²) in [6, 6.07) is 8.77. The Kier molecular flexibility index (Phi) is 6.44. The Balaban J connectivity index is 1.84. The van der Waals surface area contributed by atoms with Gasteiger partial charge in [-0.3, -0.25) is 9.59 Å². The van der Waals surface area contributed by atoms with Crippen LogP contribution in [-0.4, -0.2) is 58.8 Å². The van der Waals surface area contributed by atoms with Crippen LogP contribution in [0.4, 0.5) is 0 Å². The summed E-state index contributed by atoms with van der Waals surface area (Å²) in [5, 5.41) is 10.5. The molecule has 1 heterocycles. The minimum atomic E-state index is -0.277. The van der Waals surface area contributed by atoms with E-state index < -0.39 is 0 Å². The van der Waals surface area contributed by atoms with Crippen molar-refractivity contribution >= 4 is 11.8 Å². The van der Waals surface area contributed by atoms with Gasteiger partial charge in [0.15, 0.2) is 5.82 Å². The van der Waals surface area contributed by atoms with Crippen LogP contribution in [0.3, 0.4) is 0 Å². The van der Waals surface area contributed by atoms with Crippen molar-refractivity contribution in [2.45, 2.75) is 13.1 Å². The van der Waals surface area contributed by atoms with E-state index in [9.17, 15) is 9.59 Å². The van der Waals surface area contributed by atoms with Crippen LogP contribution in [0.15, 0.2) is 36.7 Å². The third-order valence-electron chi connectivity index (χ3n) is 3.47. The van der Waals surface area contributed by atoms with Gasteiger partial charge >= 0.3 is 0 Å². The highest BCUT2D eigenvalue weighted by Gasteiger charge is 2.14. The van der Waals surface area contributed by atoms with Gasteiger partial charge in [0.2, 0.25) is 5.91 Å². The molecule has 2 aromatic rings. The summed E-state index contributed by atoms with van der Waals surface area (Å²) in [6.45, 7) is 1.39. The lowest BCUT2D eigenvalue weighted by molar-refractivity contribution is -0.129. The highest BCUT2D eigenvalue weighted by atomic mass is 16.5. The molecule has 1 aromatic carbocycles. The van der Waals surface area contributed by atoms with Crippen LogP contribution in [-0.2, 0) is 22.6 Å². The Morgan fingerprint density at radius 3 is 2.75 bits per heavy atom. The van der Waals surface area contributed by atoms with Gasteiger partial charge in [-0.2, -0.15) is 0 Å². The number of likely N-dealkylation sites (N-methyl/N-ethyl adjacent to an activating group) is 1. The number of carbonyl (C=O) groups excluding carboxylic acids is 2. The van der Waals surface area contributed by atoms with Crippen molar-refractivity contribution in [3.8, 4) is 0 Å². The molecule has 0 saturated carbocycles. The quantitative estimate of drug-likeness (QED) is 0.752. The average molecular weight is 331 g/mol. The van der Waals surface area contributed by atoms with Gasteiger partial charge < -0.3 is 19.5 Å². The predicted octanol–water partition coefficient (Wildman–Crippen LogP) is 0.313. The Morgan fingerprint density at radius 2 is 2.04 bits per heavy atom. The molecule has 8 heteroatoms. The minimum Gasteiger partial charge on any atom is -0.383 e.